The average Bonchev–Trinajstić information content (AvgIpc) is 2.77. The number of hydrogen-bond acceptors (Lipinski definition) is 3. The van der Waals surface area contributed by atoms with Gasteiger partial charge in [-0.15, -0.1) is 0 Å². The van der Waals surface area contributed by atoms with Crippen LogP contribution in [0.25, 0.3) is 16.7 Å². The molecule has 0 saturated heterocycles. The molecule has 0 aliphatic heterocycles. The van der Waals surface area contributed by atoms with Gasteiger partial charge in [0.15, 0.2) is 5.82 Å². The summed E-state index contributed by atoms with van der Waals surface area (Å²) in [5.74, 6) is -0.573. The van der Waals surface area contributed by atoms with Crippen molar-refractivity contribution in [2.45, 2.75) is 6.92 Å². The third kappa shape index (κ3) is 2.02. The molecule has 100 valence electrons. The molecule has 1 N–H and O–H groups in total. The maximum Gasteiger partial charge on any atom is 0.336 e. The third-order valence-electron chi connectivity index (χ3n) is 3.01. The number of halogens is 1. The Hall–Kier alpha value is -2.40. The molecule has 3 rings (SSSR count). The highest BCUT2D eigenvalue weighted by Gasteiger charge is 2.13. The van der Waals surface area contributed by atoms with Crippen LogP contribution in [-0.4, -0.2) is 25.8 Å². The van der Waals surface area contributed by atoms with Gasteiger partial charge in [-0.3, -0.25) is 0 Å². The van der Waals surface area contributed by atoms with Gasteiger partial charge in [-0.1, -0.05) is 29.8 Å². The van der Waals surface area contributed by atoms with Crippen molar-refractivity contribution in [2.24, 2.45) is 0 Å². The van der Waals surface area contributed by atoms with Crippen molar-refractivity contribution in [2.75, 3.05) is 0 Å². The van der Waals surface area contributed by atoms with Gasteiger partial charge in [0.1, 0.15) is 0 Å². The van der Waals surface area contributed by atoms with E-state index in [-0.39, 0.29) is 5.56 Å². The molecular formula is C14H10ClN3O2. The van der Waals surface area contributed by atoms with Gasteiger partial charge in [0.2, 0.25) is 0 Å². The second-order valence-corrected chi connectivity index (χ2v) is 4.76. The van der Waals surface area contributed by atoms with Gasteiger partial charge >= 0.3 is 5.97 Å². The highest BCUT2D eigenvalue weighted by Crippen LogP contribution is 2.22. The molecule has 2 aromatic heterocycles. The molecular weight excluding hydrogens is 278 g/mol. The number of para-hydroxylation sites is 1. The summed E-state index contributed by atoms with van der Waals surface area (Å²) in [6.45, 7) is 1.78. The molecule has 0 bridgehead atoms. The van der Waals surface area contributed by atoms with Crippen LogP contribution < -0.4 is 0 Å². The van der Waals surface area contributed by atoms with Crippen LogP contribution >= 0.6 is 11.6 Å². The van der Waals surface area contributed by atoms with Crippen LogP contribution in [0, 0.1) is 6.92 Å². The Balaban J connectivity index is 2.29. The lowest BCUT2D eigenvalue weighted by atomic mass is 10.1. The first-order valence-corrected chi connectivity index (χ1v) is 6.29. The third-order valence-corrected chi connectivity index (χ3v) is 3.38. The summed E-state index contributed by atoms with van der Waals surface area (Å²) in [5, 5.41) is 14.7. The van der Waals surface area contributed by atoms with E-state index in [1.165, 1.54) is 10.7 Å². The van der Waals surface area contributed by atoms with Gasteiger partial charge in [0.25, 0.3) is 0 Å². The van der Waals surface area contributed by atoms with E-state index in [1.54, 1.807) is 31.3 Å². The summed E-state index contributed by atoms with van der Waals surface area (Å²) in [6, 6.07) is 8.59. The number of aromatic carboxylic acids is 1. The Morgan fingerprint density at radius 2 is 2.10 bits per heavy atom. The van der Waals surface area contributed by atoms with Crippen molar-refractivity contribution in [1.29, 1.82) is 0 Å². The van der Waals surface area contributed by atoms with Gasteiger partial charge in [0.05, 0.1) is 28.0 Å². The Morgan fingerprint density at radius 1 is 1.35 bits per heavy atom. The Labute approximate surface area is 119 Å². The lowest BCUT2D eigenvalue weighted by Crippen LogP contribution is -2.04. The van der Waals surface area contributed by atoms with Crippen LogP contribution in [0.5, 0.6) is 0 Å². The average molecular weight is 288 g/mol. The molecule has 0 aliphatic carbocycles. The summed E-state index contributed by atoms with van der Waals surface area (Å²) in [4.78, 5) is 15.8. The van der Waals surface area contributed by atoms with E-state index in [2.05, 4.69) is 10.1 Å². The number of rotatable bonds is 2. The summed E-state index contributed by atoms with van der Waals surface area (Å²) in [7, 11) is 0. The first-order chi connectivity index (χ1) is 9.56. The van der Waals surface area contributed by atoms with E-state index >= 15 is 0 Å². The number of carboxylic acids is 1. The predicted octanol–water partition coefficient (Wildman–Crippen LogP) is 3.08. The zero-order valence-corrected chi connectivity index (χ0v) is 11.3. The number of hydrogen-bond donors (Lipinski definition) is 1. The van der Waals surface area contributed by atoms with Gasteiger partial charge < -0.3 is 5.11 Å². The van der Waals surface area contributed by atoms with Crippen molar-refractivity contribution in [3.63, 3.8) is 0 Å². The number of aromatic nitrogens is 3. The number of benzene rings is 1. The zero-order valence-electron chi connectivity index (χ0n) is 10.5. The fourth-order valence-electron chi connectivity index (χ4n) is 2.01. The fraction of sp³-hybridized carbons (Fsp3) is 0.0714. The van der Waals surface area contributed by atoms with E-state index in [1.807, 2.05) is 6.07 Å². The molecule has 5 nitrogen and oxygen atoms in total. The van der Waals surface area contributed by atoms with Gasteiger partial charge in [-0.2, -0.15) is 5.10 Å². The first-order valence-electron chi connectivity index (χ1n) is 5.91. The number of carboxylic acid groups (broad SMARTS) is 1. The second-order valence-electron chi connectivity index (χ2n) is 4.36. The van der Waals surface area contributed by atoms with Crippen LogP contribution in [0.15, 0.2) is 36.5 Å². The van der Waals surface area contributed by atoms with E-state index in [4.69, 9.17) is 11.6 Å². The predicted molar refractivity (Wildman–Crippen MR) is 75.6 cm³/mol. The molecule has 3 aromatic rings. The Kier molecular flexibility index (Phi) is 2.91. The van der Waals surface area contributed by atoms with Crippen LogP contribution in [0.1, 0.15) is 16.1 Å². The number of carbonyl (C=O) groups is 1. The molecule has 20 heavy (non-hydrogen) atoms. The van der Waals surface area contributed by atoms with Crippen LogP contribution in [-0.2, 0) is 0 Å². The molecule has 0 atom stereocenters. The number of fused-ring (bicyclic) bond motifs is 1. The number of nitrogens with zero attached hydrogens (tertiary/aromatic N) is 3. The smallest absolute Gasteiger partial charge is 0.336 e. The van der Waals surface area contributed by atoms with Gasteiger partial charge in [-0.25, -0.2) is 14.5 Å². The lowest BCUT2D eigenvalue weighted by Gasteiger charge is -2.06. The largest absolute Gasteiger partial charge is 0.478 e. The molecule has 1 aromatic carbocycles. The summed E-state index contributed by atoms with van der Waals surface area (Å²) < 4.78 is 1.48. The highest BCUT2D eigenvalue weighted by molar-refractivity contribution is 6.31. The first kappa shape index (κ1) is 12.6. The van der Waals surface area contributed by atoms with Crippen LogP contribution in [0.3, 0.4) is 0 Å². The van der Waals surface area contributed by atoms with Crippen molar-refractivity contribution < 1.29 is 9.90 Å². The van der Waals surface area contributed by atoms with E-state index < -0.39 is 5.97 Å². The van der Waals surface area contributed by atoms with Crippen molar-refractivity contribution >= 4 is 28.5 Å². The van der Waals surface area contributed by atoms with Crippen molar-refractivity contribution in [3.05, 3.63) is 52.8 Å². The minimum atomic E-state index is -1.00. The van der Waals surface area contributed by atoms with Gasteiger partial charge in [0, 0.05) is 5.39 Å². The number of aryl methyl sites for hydroxylation is 1. The van der Waals surface area contributed by atoms with Gasteiger partial charge in [-0.05, 0) is 19.1 Å². The topological polar surface area (TPSA) is 68.0 Å². The SMILES string of the molecule is Cc1nn(-c2cc(C(=O)O)c3ccccc3n2)cc1Cl. The molecule has 0 amide bonds. The summed E-state index contributed by atoms with van der Waals surface area (Å²) in [5.41, 5.74) is 1.46. The summed E-state index contributed by atoms with van der Waals surface area (Å²) in [6.07, 6.45) is 1.61. The highest BCUT2D eigenvalue weighted by atomic mass is 35.5. The molecule has 0 fully saturated rings. The van der Waals surface area contributed by atoms with Crippen molar-refractivity contribution in [1.82, 2.24) is 14.8 Å². The standard InChI is InChI=1S/C14H10ClN3O2/c1-8-11(15)7-18(17-8)13-6-10(14(19)20)9-4-2-3-5-12(9)16-13/h2-7H,1H3,(H,19,20). The minimum Gasteiger partial charge on any atom is -0.478 e. The number of pyridine rings is 1. The van der Waals surface area contributed by atoms with E-state index in [0.29, 0.717) is 27.4 Å². The normalized spacial score (nSPS) is 10.9. The Bertz CT molecular complexity index is 807. The van der Waals surface area contributed by atoms with Crippen LogP contribution in [0.4, 0.5) is 0 Å². The monoisotopic (exact) mass is 287 g/mol. The summed E-state index contributed by atoms with van der Waals surface area (Å²) >= 11 is 5.97. The zero-order chi connectivity index (χ0) is 14.3. The maximum absolute atomic E-state index is 11.4. The molecule has 0 unspecified atom stereocenters. The second kappa shape index (κ2) is 4.61. The molecule has 0 saturated carbocycles. The maximum atomic E-state index is 11.4. The van der Waals surface area contributed by atoms with Crippen LogP contribution in [0.2, 0.25) is 5.02 Å². The molecule has 6 heteroatoms. The molecule has 0 spiro atoms. The quantitative estimate of drug-likeness (QED) is 0.786. The molecule has 0 aliphatic rings. The molecule has 2 heterocycles. The fourth-order valence-corrected chi connectivity index (χ4v) is 2.14. The lowest BCUT2D eigenvalue weighted by molar-refractivity contribution is 0.0699. The molecule has 0 radical (unpaired) electrons. The minimum absolute atomic E-state index is 0.190. The van der Waals surface area contributed by atoms with E-state index in [9.17, 15) is 9.90 Å². The van der Waals surface area contributed by atoms with Crippen molar-refractivity contribution in [3.8, 4) is 5.82 Å². The Morgan fingerprint density at radius 3 is 2.75 bits per heavy atom. The van der Waals surface area contributed by atoms with E-state index in [0.717, 1.165) is 0 Å².